The van der Waals surface area contributed by atoms with Gasteiger partial charge in [0, 0.05) is 76.5 Å². The highest BCUT2D eigenvalue weighted by molar-refractivity contribution is 5.92. The molecule has 0 radical (unpaired) electrons. The topological polar surface area (TPSA) is 137 Å². The van der Waals surface area contributed by atoms with Crippen LogP contribution in [0.3, 0.4) is 0 Å². The number of hydrogen-bond donors (Lipinski definition) is 3. The molecule has 4 aliphatic rings. The molecule has 0 aliphatic carbocycles. The number of carbonyl (C=O) groups is 4. The Morgan fingerprint density at radius 2 is 1.53 bits per heavy atom. The molecular formula is C37H50N6O6. The minimum Gasteiger partial charge on any atom is -0.507 e. The molecule has 0 saturated carbocycles. The maximum absolute atomic E-state index is 14.2. The fourth-order valence-electron chi connectivity index (χ4n) is 8.25. The van der Waals surface area contributed by atoms with Crippen molar-refractivity contribution in [2.75, 3.05) is 58.2 Å². The van der Waals surface area contributed by atoms with Gasteiger partial charge in [-0.1, -0.05) is 30.3 Å². The van der Waals surface area contributed by atoms with Crippen LogP contribution in [0.1, 0.15) is 54.4 Å². The van der Waals surface area contributed by atoms with E-state index >= 15 is 0 Å². The second-order valence-corrected chi connectivity index (χ2v) is 14.4. The molecular weight excluding hydrogens is 624 g/mol. The molecule has 2 unspecified atom stereocenters. The van der Waals surface area contributed by atoms with Gasteiger partial charge < -0.3 is 35.1 Å². The molecule has 3 saturated heterocycles. The second kappa shape index (κ2) is 14.8. The van der Waals surface area contributed by atoms with Crippen LogP contribution >= 0.6 is 0 Å². The van der Waals surface area contributed by atoms with Gasteiger partial charge in [0.2, 0.25) is 11.8 Å². The number of carboxylic acids is 1. The van der Waals surface area contributed by atoms with E-state index in [4.69, 9.17) is 0 Å². The Morgan fingerprint density at radius 1 is 0.898 bits per heavy atom. The number of aryl methyl sites for hydroxylation is 2. The number of likely N-dealkylation sites (N-methyl/N-ethyl adjacent to an activating group) is 1. The number of piperidine rings is 2. The SMILES string of the molecule is Cc1cc(CC(CC(=O)N2CCC(N3Cc4ccccc4NC3=O)CC2)C(=O)N2CCC(N3CCN(C)CC3C(=O)O)CC2)cc(C)c1O. The van der Waals surface area contributed by atoms with Gasteiger partial charge in [0.05, 0.1) is 5.92 Å². The lowest BCUT2D eigenvalue weighted by Gasteiger charge is -2.45. The number of hydrogen-bond acceptors (Lipinski definition) is 7. The van der Waals surface area contributed by atoms with E-state index in [2.05, 4.69) is 10.2 Å². The third-order valence-electron chi connectivity index (χ3n) is 11.1. The zero-order valence-corrected chi connectivity index (χ0v) is 28.9. The lowest BCUT2D eigenvalue weighted by molar-refractivity contribution is -0.149. The van der Waals surface area contributed by atoms with Gasteiger partial charge in [-0.15, -0.1) is 0 Å². The Morgan fingerprint density at radius 3 is 2.20 bits per heavy atom. The van der Waals surface area contributed by atoms with Gasteiger partial charge in [0.1, 0.15) is 11.8 Å². The van der Waals surface area contributed by atoms with Gasteiger partial charge in [-0.3, -0.25) is 19.3 Å². The summed E-state index contributed by atoms with van der Waals surface area (Å²) in [5, 5.41) is 23.2. The molecule has 2 aromatic carbocycles. The molecule has 3 fully saturated rings. The number of aromatic hydroxyl groups is 1. The summed E-state index contributed by atoms with van der Waals surface area (Å²) >= 11 is 0. The molecule has 3 N–H and O–H groups in total. The lowest BCUT2D eigenvalue weighted by atomic mass is 9.90. The van der Waals surface area contributed by atoms with Crippen LogP contribution in [-0.2, 0) is 27.3 Å². The summed E-state index contributed by atoms with van der Waals surface area (Å²) in [6.07, 6.45) is 3.20. The highest BCUT2D eigenvalue weighted by Crippen LogP contribution is 2.30. The smallest absolute Gasteiger partial charge is 0.322 e. The van der Waals surface area contributed by atoms with Crippen molar-refractivity contribution in [1.29, 1.82) is 0 Å². The van der Waals surface area contributed by atoms with Crippen molar-refractivity contribution in [1.82, 2.24) is 24.5 Å². The first-order valence-corrected chi connectivity index (χ1v) is 17.7. The first-order valence-electron chi connectivity index (χ1n) is 17.7. The minimum atomic E-state index is -0.809. The maximum atomic E-state index is 14.2. The normalized spacial score (nSPS) is 22.1. The fraction of sp³-hybridized carbons (Fsp3) is 0.568. The van der Waals surface area contributed by atoms with Crippen molar-refractivity contribution in [3.05, 3.63) is 58.7 Å². The summed E-state index contributed by atoms with van der Waals surface area (Å²) in [7, 11) is 1.95. The van der Waals surface area contributed by atoms with Crippen LogP contribution in [0.25, 0.3) is 0 Å². The molecule has 6 rings (SSSR count). The molecule has 4 amide bonds. The Kier molecular flexibility index (Phi) is 10.4. The zero-order chi connectivity index (χ0) is 34.8. The first kappa shape index (κ1) is 34.7. The van der Waals surface area contributed by atoms with Crippen molar-refractivity contribution < 1.29 is 29.4 Å². The summed E-state index contributed by atoms with van der Waals surface area (Å²) in [4.78, 5) is 62.7. The van der Waals surface area contributed by atoms with Crippen LogP contribution in [0, 0.1) is 19.8 Å². The van der Waals surface area contributed by atoms with Crippen molar-refractivity contribution in [2.45, 2.75) is 77.0 Å². The Balaban J connectivity index is 1.10. The van der Waals surface area contributed by atoms with Gasteiger partial charge >= 0.3 is 12.0 Å². The number of carboxylic acid groups (broad SMARTS) is 1. The Labute approximate surface area is 288 Å². The molecule has 2 atom stereocenters. The van der Waals surface area contributed by atoms with Crippen LogP contribution in [-0.4, -0.2) is 130 Å². The van der Waals surface area contributed by atoms with Crippen LogP contribution in [0.5, 0.6) is 5.75 Å². The minimum absolute atomic E-state index is 0.0279. The van der Waals surface area contributed by atoms with E-state index in [1.165, 1.54) is 0 Å². The number of carbonyl (C=O) groups excluding carboxylic acids is 3. The standard InChI is InChI=1S/C37H50N6O6/c1-24-18-26(19-25(2)34(24)45)20-28(35(46)41-14-10-29(11-15-41)42-17-16-39(3)23-32(42)36(47)48)21-33(44)40-12-8-30(9-13-40)43-22-27-6-4-5-7-31(27)38-37(43)49/h4-7,18-19,28-30,32,45H,8-17,20-23H2,1-3H3,(H,38,49)(H,47,48). The number of phenolic OH excluding ortho intramolecular Hbond substituents is 1. The van der Waals surface area contributed by atoms with Crippen molar-refractivity contribution in [3.8, 4) is 5.75 Å². The number of nitrogens with one attached hydrogen (secondary N) is 1. The number of amides is 4. The van der Waals surface area contributed by atoms with Crippen molar-refractivity contribution in [2.24, 2.45) is 5.92 Å². The van der Waals surface area contributed by atoms with E-state index in [0.29, 0.717) is 77.9 Å². The molecule has 4 aliphatic heterocycles. The number of fused-ring (bicyclic) bond motifs is 1. The third-order valence-corrected chi connectivity index (χ3v) is 11.1. The number of nitrogens with zero attached hydrogens (tertiary/aromatic N) is 5. The number of aliphatic carboxylic acids is 1. The monoisotopic (exact) mass is 674 g/mol. The molecule has 0 spiro atoms. The van der Waals surface area contributed by atoms with E-state index in [1.807, 2.05) is 76.9 Å². The van der Waals surface area contributed by atoms with E-state index < -0.39 is 17.9 Å². The van der Waals surface area contributed by atoms with E-state index in [9.17, 15) is 29.4 Å². The molecule has 49 heavy (non-hydrogen) atoms. The zero-order valence-electron chi connectivity index (χ0n) is 28.9. The van der Waals surface area contributed by atoms with E-state index in [1.54, 1.807) is 0 Å². The molecule has 0 aromatic heterocycles. The number of para-hydroxylation sites is 1. The Hall–Kier alpha value is -4.16. The maximum Gasteiger partial charge on any atom is 0.322 e. The highest BCUT2D eigenvalue weighted by atomic mass is 16.4. The number of piperazine rings is 1. The highest BCUT2D eigenvalue weighted by Gasteiger charge is 2.39. The average Bonchev–Trinajstić information content (AvgIpc) is 3.09. The molecule has 12 heteroatoms. The van der Waals surface area contributed by atoms with Crippen LogP contribution in [0.4, 0.5) is 10.5 Å². The summed E-state index contributed by atoms with van der Waals surface area (Å²) in [6.45, 7) is 8.30. The van der Waals surface area contributed by atoms with Crippen LogP contribution < -0.4 is 5.32 Å². The largest absolute Gasteiger partial charge is 0.507 e. The molecule has 0 bridgehead atoms. The lowest BCUT2D eigenvalue weighted by Crippen LogP contribution is -2.60. The van der Waals surface area contributed by atoms with Gasteiger partial charge in [-0.25, -0.2) is 4.79 Å². The van der Waals surface area contributed by atoms with Gasteiger partial charge in [-0.05, 0) is 81.3 Å². The number of benzene rings is 2. The number of anilines is 1. The average molecular weight is 675 g/mol. The molecule has 264 valence electrons. The Bertz CT molecular complexity index is 1540. The quantitative estimate of drug-likeness (QED) is 0.388. The summed E-state index contributed by atoms with van der Waals surface area (Å²) in [5.74, 6) is -1.25. The van der Waals surface area contributed by atoms with E-state index in [0.717, 1.165) is 34.5 Å². The first-order chi connectivity index (χ1) is 23.5. The van der Waals surface area contributed by atoms with Crippen molar-refractivity contribution in [3.63, 3.8) is 0 Å². The predicted molar refractivity (Wildman–Crippen MR) is 185 cm³/mol. The molecule has 4 heterocycles. The third kappa shape index (κ3) is 7.70. The van der Waals surface area contributed by atoms with Crippen LogP contribution in [0.2, 0.25) is 0 Å². The molecule has 12 nitrogen and oxygen atoms in total. The van der Waals surface area contributed by atoms with Crippen LogP contribution in [0.15, 0.2) is 36.4 Å². The van der Waals surface area contributed by atoms with Gasteiger partial charge in [0.15, 0.2) is 0 Å². The summed E-state index contributed by atoms with van der Waals surface area (Å²) in [6, 6.07) is 11.1. The summed E-state index contributed by atoms with van der Waals surface area (Å²) < 4.78 is 0. The number of urea groups is 1. The second-order valence-electron chi connectivity index (χ2n) is 14.4. The fourth-order valence-corrected chi connectivity index (χ4v) is 8.25. The van der Waals surface area contributed by atoms with Gasteiger partial charge in [-0.2, -0.15) is 0 Å². The predicted octanol–water partition coefficient (Wildman–Crippen LogP) is 3.29. The number of likely N-dealkylation sites (tertiary alicyclic amines) is 2. The van der Waals surface area contributed by atoms with Crippen molar-refractivity contribution >= 4 is 29.5 Å². The van der Waals surface area contributed by atoms with E-state index in [-0.39, 0.29) is 42.1 Å². The number of phenols is 1. The van der Waals surface area contributed by atoms with Gasteiger partial charge in [0.25, 0.3) is 0 Å². The summed E-state index contributed by atoms with van der Waals surface area (Å²) in [5.41, 5.74) is 4.31. The molecule has 2 aromatic rings. The number of rotatable bonds is 8.